The number of halogens is 1. The molecule has 1 unspecified atom stereocenters. The van der Waals surface area contributed by atoms with E-state index >= 15 is 0 Å². The van der Waals surface area contributed by atoms with Gasteiger partial charge < -0.3 is 5.11 Å². The first-order valence-electron chi connectivity index (χ1n) is 8.73. The zero-order valence-corrected chi connectivity index (χ0v) is 16.2. The highest BCUT2D eigenvalue weighted by atomic mass is 35.5. The average molecular weight is 378 g/mol. The van der Waals surface area contributed by atoms with Gasteiger partial charge in [-0.1, -0.05) is 63.6 Å². The Kier molecular flexibility index (Phi) is 6.37. The number of hydrogen-bond donors (Lipinski definition) is 1. The summed E-state index contributed by atoms with van der Waals surface area (Å²) in [7, 11) is 0. The van der Waals surface area contributed by atoms with Crippen LogP contribution in [0.4, 0.5) is 0 Å². The van der Waals surface area contributed by atoms with Crippen LogP contribution in [-0.2, 0) is 4.79 Å². The molecule has 0 saturated heterocycles. The lowest BCUT2D eigenvalue weighted by Gasteiger charge is -2.33. The summed E-state index contributed by atoms with van der Waals surface area (Å²) in [4.78, 5) is 39.4. The number of carbonyl (C=O) groups excluding carboxylic acids is 3. The first kappa shape index (κ1) is 20.3. The predicted molar refractivity (Wildman–Crippen MR) is 99.7 cm³/mol. The summed E-state index contributed by atoms with van der Waals surface area (Å²) in [6.45, 7) is 7.52. The molecular formula is C20H24ClNO4. The number of nitrogens with zero attached hydrogens (tertiary/aromatic N) is 1. The van der Waals surface area contributed by atoms with Gasteiger partial charge in [0.1, 0.15) is 17.0 Å². The Labute approximate surface area is 158 Å². The standard InChI is InChI=1S/C20H24ClNO4/c1-11(2)9-15(23)22(16(24)10-12(3)4)18-17(21)19(25)13-7-5-6-8-14(13)20(18)26/h5-8,11-12,15,23H,9-10H2,1-4H3. The third kappa shape index (κ3) is 4.05. The quantitative estimate of drug-likeness (QED) is 0.766. The number of rotatable bonds is 6. The van der Waals surface area contributed by atoms with Crippen LogP contribution in [0.15, 0.2) is 35.0 Å². The van der Waals surface area contributed by atoms with Crippen molar-refractivity contribution in [2.75, 3.05) is 0 Å². The van der Waals surface area contributed by atoms with Gasteiger partial charge in [0, 0.05) is 17.5 Å². The fourth-order valence-electron chi connectivity index (χ4n) is 2.96. The van der Waals surface area contributed by atoms with Gasteiger partial charge in [0.2, 0.25) is 17.5 Å². The number of fused-ring (bicyclic) bond motifs is 1. The van der Waals surface area contributed by atoms with E-state index in [2.05, 4.69) is 0 Å². The van der Waals surface area contributed by atoms with Crippen molar-refractivity contribution in [3.05, 3.63) is 46.1 Å². The number of hydrogen-bond acceptors (Lipinski definition) is 4. The van der Waals surface area contributed by atoms with Crippen LogP contribution in [0.25, 0.3) is 0 Å². The SMILES string of the molecule is CC(C)CC(=O)N(C1=C(Cl)C(=O)c2ccccc2C1=O)C(O)CC(C)C. The Morgan fingerprint density at radius 3 is 2.08 bits per heavy atom. The Morgan fingerprint density at radius 1 is 1.04 bits per heavy atom. The second-order valence-corrected chi connectivity index (χ2v) is 7.72. The number of aliphatic hydroxyl groups excluding tert-OH is 1. The van der Waals surface area contributed by atoms with Gasteiger partial charge in [0.15, 0.2) is 0 Å². The Morgan fingerprint density at radius 2 is 1.58 bits per heavy atom. The van der Waals surface area contributed by atoms with E-state index in [1.54, 1.807) is 12.1 Å². The molecule has 2 rings (SSSR count). The molecule has 140 valence electrons. The van der Waals surface area contributed by atoms with Crippen LogP contribution in [0.5, 0.6) is 0 Å². The van der Waals surface area contributed by atoms with Gasteiger partial charge in [-0.3, -0.25) is 19.3 Å². The van der Waals surface area contributed by atoms with Crippen molar-refractivity contribution in [2.45, 2.75) is 46.8 Å². The molecule has 1 N–H and O–H groups in total. The Hall–Kier alpha value is -1.98. The highest BCUT2D eigenvalue weighted by molar-refractivity contribution is 6.50. The van der Waals surface area contributed by atoms with Crippen molar-refractivity contribution in [3.8, 4) is 0 Å². The van der Waals surface area contributed by atoms with E-state index in [1.807, 2.05) is 27.7 Å². The fraction of sp³-hybridized carbons (Fsp3) is 0.450. The molecule has 0 spiro atoms. The molecule has 0 fully saturated rings. The molecule has 1 aromatic rings. The lowest BCUT2D eigenvalue weighted by Crippen LogP contribution is -2.45. The number of allylic oxidation sites excluding steroid dienone is 2. The van der Waals surface area contributed by atoms with Crippen molar-refractivity contribution < 1.29 is 19.5 Å². The number of carbonyl (C=O) groups is 3. The van der Waals surface area contributed by atoms with Gasteiger partial charge >= 0.3 is 0 Å². The summed E-state index contributed by atoms with van der Waals surface area (Å²) in [5.74, 6) is -1.36. The fourth-order valence-corrected chi connectivity index (χ4v) is 3.24. The number of ketones is 2. The molecule has 1 amide bonds. The van der Waals surface area contributed by atoms with Crippen molar-refractivity contribution in [1.29, 1.82) is 0 Å². The number of benzene rings is 1. The van der Waals surface area contributed by atoms with E-state index in [-0.39, 0.29) is 46.5 Å². The van der Waals surface area contributed by atoms with E-state index in [1.165, 1.54) is 12.1 Å². The maximum Gasteiger partial charge on any atom is 0.229 e. The first-order valence-corrected chi connectivity index (χ1v) is 9.11. The lowest BCUT2D eigenvalue weighted by molar-refractivity contribution is -0.139. The van der Waals surface area contributed by atoms with Crippen molar-refractivity contribution in [3.63, 3.8) is 0 Å². The number of amides is 1. The van der Waals surface area contributed by atoms with E-state index in [0.29, 0.717) is 0 Å². The molecule has 26 heavy (non-hydrogen) atoms. The van der Waals surface area contributed by atoms with Crippen LogP contribution in [0, 0.1) is 11.8 Å². The minimum atomic E-state index is -1.23. The molecule has 0 heterocycles. The predicted octanol–water partition coefficient (Wildman–Crippen LogP) is 3.76. The number of aliphatic hydroxyl groups is 1. The minimum Gasteiger partial charge on any atom is -0.373 e. The molecule has 0 bridgehead atoms. The second-order valence-electron chi connectivity index (χ2n) is 7.34. The van der Waals surface area contributed by atoms with Crippen LogP contribution in [0.1, 0.15) is 61.3 Å². The van der Waals surface area contributed by atoms with Crippen LogP contribution >= 0.6 is 11.6 Å². The first-order chi connectivity index (χ1) is 12.1. The summed E-state index contributed by atoms with van der Waals surface area (Å²) < 4.78 is 0. The molecule has 1 aliphatic rings. The summed E-state index contributed by atoms with van der Waals surface area (Å²) in [6, 6.07) is 6.35. The van der Waals surface area contributed by atoms with Crippen molar-refractivity contribution in [2.24, 2.45) is 11.8 Å². The van der Waals surface area contributed by atoms with E-state index in [4.69, 9.17) is 11.6 Å². The van der Waals surface area contributed by atoms with Crippen LogP contribution in [0.3, 0.4) is 0 Å². The van der Waals surface area contributed by atoms with Gasteiger partial charge in [-0.2, -0.15) is 0 Å². The second kappa shape index (κ2) is 8.14. The Bertz CT molecular complexity index is 767. The van der Waals surface area contributed by atoms with Gasteiger partial charge in [-0.25, -0.2) is 0 Å². The lowest BCUT2D eigenvalue weighted by atomic mass is 9.91. The number of Topliss-reactive ketones (excluding diaryl/α,β-unsaturated/α-hetero) is 2. The highest BCUT2D eigenvalue weighted by Gasteiger charge is 2.39. The normalized spacial score (nSPS) is 15.5. The molecule has 1 aromatic carbocycles. The molecule has 5 nitrogen and oxygen atoms in total. The monoisotopic (exact) mass is 377 g/mol. The zero-order chi connectivity index (χ0) is 19.6. The van der Waals surface area contributed by atoms with E-state index in [9.17, 15) is 19.5 Å². The van der Waals surface area contributed by atoms with Gasteiger partial charge in [-0.05, 0) is 18.3 Å². The van der Waals surface area contributed by atoms with Gasteiger partial charge in [0.25, 0.3) is 0 Å². The molecule has 0 aromatic heterocycles. The largest absolute Gasteiger partial charge is 0.373 e. The molecule has 0 radical (unpaired) electrons. The molecule has 0 aliphatic heterocycles. The molecule has 6 heteroatoms. The molecule has 0 saturated carbocycles. The van der Waals surface area contributed by atoms with Gasteiger partial charge in [-0.15, -0.1) is 0 Å². The third-order valence-corrected chi connectivity index (χ3v) is 4.46. The summed E-state index contributed by atoms with van der Waals surface area (Å²) in [6.07, 6.45) is -0.834. The van der Waals surface area contributed by atoms with Crippen LogP contribution in [0.2, 0.25) is 0 Å². The summed E-state index contributed by atoms with van der Waals surface area (Å²) in [5.41, 5.74) is 0.172. The van der Waals surface area contributed by atoms with Crippen molar-refractivity contribution >= 4 is 29.1 Å². The third-order valence-electron chi connectivity index (χ3n) is 4.11. The smallest absolute Gasteiger partial charge is 0.229 e. The molecule has 1 aliphatic carbocycles. The van der Waals surface area contributed by atoms with E-state index < -0.39 is 23.7 Å². The van der Waals surface area contributed by atoms with Crippen LogP contribution in [-0.4, -0.2) is 33.7 Å². The highest BCUT2D eigenvalue weighted by Crippen LogP contribution is 2.32. The minimum absolute atomic E-state index is 0.0253. The van der Waals surface area contributed by atoms with Gasteiger partial charge in [0.05, 0.1) is 0 Å². The van der Waals surface area contributed by atoms with Crippen molar-refractivity contribution in [1.82, 2.24) is 4.90 Å². The summed E-state index contributed by atoms with van der Waals surface area (Å²) >= 11 is 6.22. The van der Waals surface area contributed by atoms with E-state index in [0.717, 1.165) is 4.90 Å². The maximum absolute atomic E-state index is 13.0. The maximum atomic E-state index is 13.0. The molecular weight excluding hydrogens is 354 g/mol. The summed E-state index contributed by atoms with van der Waals surface area (Å²) in [5, 5.41) is 10.3. The Balaban J connectivity index is 2.56. The topological polar surface area (TPSA) is 74.7 Å². The average Bonchev–Trinajstić information content (AvgIpc) is 2.55. The molecule has 1 atom stereocenters. The zero-order valence-electron chi connectivity index (χ0n) is 15.5. The van der Waals surface area contributed by atoms with Crippen LogP contribution < -0.4 is 0 Å².